The van der Waals surface area contributed by atoms with Crippen LogP contribution >= 0.6 is 15.9 Å². The summed E-state index contributed by atoms with van der Waals surface area (Å²) in [6.07, 6.45) is 0.596. The Hall–Kier alpha value is -1.40. The van der Waals surface area contributed by atoms with Gasteiger partial charge in [-0.15, -0.1) is 0 Å². The van der Waals surface area contributed by atoms with Gasteiger partial charge < -0.3 is 10.7 Å². The van der Waals surface area contributed by atoms with Gasteiger partial charge in [0.1, 0.15) is 0 Å². The number of aromatic nitrogens is 2. The fraction of sp³-hybridized carbons (Fsp3) is 0.273. The Bertz CT molecular complexity index is 660. The number of rotatable bonds is 3. The highest BCUT2D eigenvalue weighted by molar-refractivity contribution is 9.10. The number of halogens is 1. The molecule has 0 atom stereocenters. The zero-order valence-electron chi connectivity index (χ0n) is 9.07. The van der Waals surface area contributed by atoms with Crippen molar-refractivity contribution in [3.63, 3.8) is 0 Å². The van der Waals surface area contributed by atoms with E-state index in [0.29, 0.717) is 34.9 Å². The Morgan fingerprint density at radius 2 is 2.12 bits per heavy atom. The molecule has 0 bridgehead atoms. The van der Waals surface area contributed by atoms with Gasteiger partial charge in [-0.2, -0.15) is 0 Å². The Morgan fingerprint density at radius 3 is 2.82 bits per heavy atom. The zero-order chi connectivity index (χ0) is 12.4. The van der Waals surface area contributed by atoms with Crippen LogP contribution in [0.15, 0.2) is 32.3 Å². The lowest BCUT2D eigenvalue weighted by molar-refractivity contribution is 0.603. The minimum Gasteiger partial charge on any atom is -0.330 e. The number of aromatic amines is 1. The van der Waals surface area contributed by atoms with Crippen LogP contribution in [-0.2, 0) is 6.54 Å². The molecule has 2 aromatic rings. The standard InChI is InChI=1S/C11H12BrN3O2/c12-7-3-1-4-8-9(7)10(16)15(6-2-5-13)11(17)14-8/h1,3-4H,2,5-6,13H2,(H,14,17). The molecule has 1 aromatic heterocycles. The Balaban J connectivity index is 2.74. The second-order valence-electron chi connectivity index (χ2n) is 3.69. The predicted molar refractivity (Wildman–Crippen MR) is 70.2 cm³/mol. The van der Waals surface area contributed by atoms with Crippen LogP contribution in [0, 0.1) is 0 Å². The first-order valence-electron chi connectivity index (χ1n) is 5.26. The van der Waals surface area contributed by atoms with Crippen molar-refractivity contribution in [2.24, 2.45) is 5.73 Å². The van der Waals surface area contributed by atoms with Gasteiger partial charge in [0, 0.05) is 11.0 Å². The minimum atomic E-state index is -0.394. The SMILES string of the molecule is NCCCn1c(=O)[nH]c2cccc(Br)c2c1=O. The van der Waals surface area contributed by atoms with E-state index in [1.807, 2.05) is 0 Å². The first-order valence-corrected chi connectivity index (χ1v) is 6.06. The van der Waals surface area contributed by atoms with Gasteiger partial charge in [0.25, 0.3) is 5.56 Å². The summed E-state index contributed by atoms with van der Waals surface area (Å²) >= 11 is 3.31. The summed E-state index contributed by atoms with van der Waals surface area (Å²) in [5, 5.41) is 0.490. The van der Waals surface area contributed by atoms with E-state index in [9.17, 15) is 9.59 Å². The number of fused-ring (bicyclic) bond motifs is 1. The van der Waals surface area contributed by atoms with E-state index in [1.54, 1.807) is 18.2 Å². The van der Waals surface area contributed by atoms with E-state index in [2.05, 4.69) is 20.9 Å². The molecule has 0 aliphatic heterocycles. The highest BCUT2D eigenvalue weighted by Gasteiger charge is 2.09. The number of benzene rings is 1. The Kier molecular flexibility index (Phi) is 3.44. The summed E-state index contributed by atoms with van der Waals surface area (Å²) in [5.74, 6) is 0. The normalized spacial score (nSPS) is 10.9. The number of H-pyrrole nitrogens is 1. The first kappa shape index (κ1) is 12.1. The van der Waals surface area contributed by atoms with Gasteiger partial charge >= 0.3 is 5.69 Å². The third kappa shape index (κ3) is 2.18. The summed E-state index contributed by atoms with van der Waals surface area (Å²) in [4.78, 5) is 26.6. The van der Waals surface area contributed by atoms with Gasteiger partial charge in [-0.25, -0.2) is 4.79 Å². The number of hydrogen-bond donors (Lipinski definition) is 2. The first-order chi connectivity index (χ1) is 8.15. The molecular weight excluding hydrogens is 286 g/mol. The number of nitrogens with one attached hydrogen (secondary N) is 1. The fourth-order valence-corrected chi connectivity index (χ4v) is 2.24. The van der Waals surface area contributed by atoms with Crippen LogP contribution in [-0.4, -0.2) is 16.1 Å². The summed E-state index contributed by atoms with van der Waals surface area (Å²) in [7, 11) is 0. The average molecular weight is 298 g/mol. The average Bonchev–Trinajstić information content (AvgIpc) is 2.28. The minimum absolute atomic E-state index is 0.287. The van der Waals surface area contributed by atoms with E-state index in [-0.39, 0.29) is 5.56 Å². The molecule has 0 fully saturated rings. The van der Waals surface area contributed by atoms with Crippen molar-refractivity contribution in [3.8, 4) is 0 Å². The molecule has 90 valence electrons. The van der Waals surface area contributed by atoms with Crippen molar-refractivity contribution in [3.05, 3.63) is 43.5 Å². The number of nitrogens with zero attached hydrogens (tertiary/aromatic N) is 1. The van der Waals surface area contributed by atoms with Crippen LogP contribution < -0.4 is 17.0 Å². The molecular formula is C11H12BrN3O2. The van der Waals surface area contributed by atoms with E-state index >= 15 is 0 Å². The molecule has 0 radical (unpaired) electrons. The molecule has 1 aromatic carbocycles. The van der Waals surface area contributed by atoms with Gasteiger partial charge in [0.2, 0.25) is 0 Å². The monoisotopic (exact) mass is 297 g/mol. The van der Waals surface area contributed by atoms with E-state index in [4.69, 9.17) is 5.73 Å². The Labute approximate surface area is 105 Å². The van der Waals surface area contributed by atoms with Crippen LogP contribution in [0.2, 0.25) is 0 Å². The molecule has 17 heavy (non-hydrogen) atoms. The predicted octanol–water partition coefficient (Wildman–Crippen LogP) is 0.801. The third-order valence-electron chi connectivity index (χ3n) is 2.55. The van der Waals surface area contributed by atoms with E-state index < -0.39 is 5.69 Å². The summed E-state index contributed by atoms with van der Waals surface area (Å²) < 4.78 is 1.86. The summed E-state index contributed by atoms with van der Waals surface area (Å²) in [6, 6.07) is 5.25. The maximum atomic E-state index is 12.1. The van der Waals surface area contributed by atoms with Crippen LogP contribution in [0.3, 0.4) is 0 Å². The molecule has 0 saturated carbocycles. The quantitative estimate of drug-likeness (QED) is 0.879. The lowest BCUT2D eigenvalue weighted by atomic mass is 10.2. The van der Waals surface area contributed by atoms with Crippen molar-refractivity contribution in [1.29, 1.82) is 0 Å². The highest BCUT2D eigenvalue weighted by Crippen LogP contribution is 2.17. The van der Waals surface area contributed by atoms with Crippen LogP contribution in [0.5, 0.6) is 0 Å². The molecule has 0 saturated heterocycles. The number of nitrogens with two attached hydrogens (primary N) is 1. The maximum absolute atomic E-state index is 12.1. The lowest BCUT2D eigenvalue weighted by Gasteiger charge is -2.06. The Morgan fingerprint density at radius 1 is 1.35 bits per heavy atom. The largest absolute Gasteiger partial charge is 0.330 e. The number of hydrogen-bond acceptors (Lipinski definition) is 3. The second-order valence-corrected chi connectivity index (χ2v) is 4.55. The fourth-order valence-electron chi connectivity index (χ4n) is 1.71. The molecule has 3 N–H and O–H groups in total. The maximum Gasteiger partial charge on any atom is 0.328 e. The molecule has 0 unspecified atom stereocenters. The van der Waals surface area contributed by atoms with Crippen molar-refractivity contribution < 1.29 is 0 Å². The lowest BCUT2D eigenvalue weighted by Crippen LogP contribution is -2.35. The second kappa shape index (κ2) is 4.85. The highest BCUT2D eigenvalue weighted by atomic mass is 79.9. The smallest absolute Gasteiger partial charge is 0.328 e. The van der Waals surface area contributed by atoms with Gasteiger partial charge in [0.05, 0.1) is 10.9 Å². The molecule has 0 aliphatic rings. The molecule has 0 aliphatic carbocycles. The van der Waals surface area contributed by atoms with Gasteiger partial charge in [0.15, 0.2) is 0 Å². The molecule has 6 heteroatoms. The van der Waals surface area contributed by atoms with E-state index in [1.165, 1.54) is 4.57 Å². The topological polar surface area (TPSA) is 80.9 Å². The summed E-state index contributed by atoms with van der Waals surface area (Å²) in [6.45, 7) is 0.780. The molecule has 2 rings (SSSR count). The van der Waals surface area contributed by atoms with Crippen LogP contribution in [0.4, 0.5) is 0 Å². The molecule has 0 amide bonds. The van der Waals surface area contributed by atoms with Crippen LogP contribution in [0.1, 0.15) is 6.42 Å². The van der Waals surface area contributed by atoms with Crippen molar-refractivity contribution >= 4 is 26.8 Å². The van der Waals surface area contributed by atoms with Gasteiger partial charge in [-0.1, -0.05) is 6.07 Å². The molecule has 1 heterocycles. The third-order valence-corrected chi connectivity index (χ3v) is 3.21. The molecule has 0 spiro atoms. The van der Waals surface area contributed by atoms with Crippen molar-refractivity contribution in [2.75, 3.05) is 6.54 Å². The summed E-state index contributed by atoms with van der Waals surface area (Å²) in [5.41, 5.74) is 5.24. The van der Waals surface area contributed by atoms with Crippen LogP contribution in [0.25, 0.3) is 10.9 Å². The molecule has 5 nitrogen and oxygen atoms in total. The van der Waals surface area contributed by atoms with Crippen molar-refractivity contribution in [2.45, 2.75) is 13.0 Å². The van der Waals surface area contributed by atoms with Crippen molar-refractivity contribution in [1.82, 2.24) is 9.55 Å². The van der Waals surface area contributed by atoms with Gasteiger partial charge in [-0.3, -0.25) is 9.36 Å². The van der Waals surface area contributed by atoms with E-state index in [0.717, 1.165) is 0 Å². The zero-order valence-corrected chi connectivity index (χ0v) is 10.7. The van der Waals surface area contributed by atoms with Gasteiger partial charge in [-0.05, 0) is 41.0 Å².